The van der Waals surface area contributed by atoms with Crippen LogP contribution in [0.15, 0.2) is 18.2 Å². The van der Waals surface area contributed by atoms with Crippen LogP contribution in [-0.4, -0.2) is 38.1 Å². The Labute approximate surface area is 155 Å². The van der Waals surface area contributed by atoms with Crippen molar-refractivity contribution in [1.29, 1.82) is 0 Å². The Morgan fingerprint density at radius 1 is 1.27 bits per heavy atom. The maximum absolute atomic E-state index is 12.1. The van der Waals surface area contributed by atoms with Gasteiger partial charge in [0, 0.05) is 45.5 Å². The number of nitrogens with one attached hydrogen (secondary N) is 2. The van der Waals surface area contributed by atoms with E-state index in [2.05, 4.69) is 10.6 Å². The van der Waals surface area contributed by atoms with Gasteiger partial charge >= 0.3 is 0 Å². The van der Waals surface area contributed by atoms with Crippen molar-refractivity contribution in [3.05, 3.63) is 33.9 Å². The van der Waals surface area contributed by atoms with Gasteiger partial charge in [-0.1, -0.05) is 13.3 Å². The minimum absolute atomic E-state index is 0.0640. The van der Waals surface area contributed by atoms with Crippen LogP contribution in [0.1, 0.15) is 55.8 Å². The van der Waals surface area contributed by atoms with Crippen LogP contribution in [0.4, 0.5) is 11.4 Å². The second-order valence-electron chi connectivity index (χ2n) is 7.04. The third-order valence-electron chi connectivity index (χ3n) is 5.01. The highest BCUT2D eigenvalue weighted by Crippen LogP contribution is 2.31. The predicted octanol–water partition coefficient (Wildman–Crippen LogP) is 2.98. The molecule has 7 nitrogen and oxygen atoms in total. The smallest absolute Gasteiger partial charge is 0.293 e. The van der Waals surface area contributed by atoms with Crippen molar-refractivity contribution in [2.45, 2.75) is 62.8 Å². The molecular weight excluding hydrogens is 354 g/mol. The Hall–Kier alpha value is -1.96. The fourth-order valence-corrected chi connectivity index (χ4v) is 4.76. The van der Waals surface area contributed by atoms with Gasteiger partial charge < -0.3 is 10.6 Å². The van der Waals surface area contributed by atoms with E-state index in [4.69, 9.17) is 0 Å². The number of nitrogens with zero attached hydrogens (tertiary/aromatic N) is 1. The van der Waals surface area contributed by atoms with Gasteiger partial charge in [-0.2, -0.15) is 0 Å². The largest absolute Gasteiger partial charge is 0.377 e. The number of hydrogen-bond donors (Lipinski definition) is 2. The van der Waals surface area contributed by atoms with Crippen LogP contribution in [0, 0.1) is 10.1 Å². The second-order valence-corrected chi connectivity index (χ2v) is 9.04. The molecule has 2 aliphatic carbocycles. The SMILES string of the molecule is CCS(=O)C1CCCC(Nc2ccc(C(=O)NC3CC3)cc2[N+](=O)[O-])C1. The summed E-state index contributed by atoms with van der Waals surface area (Å²) in [5, 5.41) is 17.7. The maximum atomic E-state index is 12.1. The average Bonchev–Trinajstić information content (AvgIpc) is 3.45. The van der Waals surface area contributed by atoms with Crippen LogP contribution in [-0.2, 0) is 10.8 Å². The summed E-state index contributed by atoms with van der Waals surface area (Å²) < 4.78 is 12.1. The van der Waals surface area contributed by atoms with Crippen LogP contribution in [0.25, 0.3) is 0 Å². The molecule has 26 heavy (non-hydrogen) atoms. The van der Waals surface area contributed by atoms with Gasteiger partial charge in [0.15, 0.2) is 0 Å². The number of nitro benzene ring substituents is 1. The molecule has 0 aliphatic heterocycles. The predicted molar refractivity (Wildman–Crippen MR) is 102 cm³/mol. The molecule has 142 valence electrons. The molecule has 0 radical (unpaired) electrons. The normalized spacial score (nSPS) is 23.9. The summed E-state index contributed by atoms with van der Waals surface area (Å²) >= 11 is 0. The summed E-state index contributed by atoms with van der Waals surface area (Å²) in [5.74, 6) is 0.376. The van der Waals surface area contributed by atoms with Crippen LogP contribution < -0.4 is 10.6 Å². The molecule has 3 unspecified atom stereocenters. The molecule has 0 saturated heterocycles. The lowest BCUT2D eigenvalue weighted by Crippen LogP contribution is -2.33. The molecule has 1 aromatic carbocycles. The molecule has 1 aromatic rings. The summed E-state index contributed by atoms with van der Waals surface area (Å²) in [6.07, 6.45) is 5.50. The maximum Gasteiger partial charge on any atom is 0.293 e. The van der Waals surface area contributed by atoms with E-state index < -0.39 is 15.7 Å². The lowest BCUT2D eigenvalue weighted by molar-refractivity contribution is -0.384. The van der Waals surface area contributed by atoms with Crippen molar-refractivity contribution in [3.8, 4) is 0 Å². The highest BCUT2D eigenvalue weighted by molar-refractivity contribution is 7.85. The topological polar surface area (TPSA) is 101 Å². The monoisotopic (exact) mass is 379 g/mol. The van der Waals surface area contributed by atoms with E-state index in [1.54, 1.807) is 12.1 Å². The third kappa shape index (κ3) is 4.60. The average molecular weight is 379 g/mol. The zero-order valence-electron chi connectivity index (χ0n) is 14.9. The highest BCUT2D eigenvalue weighted by atomic mass is 32.2. The zero-order chi connectivity index (χ0) is 18.7. The second kappa shape index (κ2) is 8.16. The lowest BCUT2D eigenvalue weighted by Gasteiger charge is -2.29. The van der Waals surface area contributed by atoms with E-state index in [0.29, 0.717) is 17.0 Å². The summed E-state index contributed by atoms with van der Waals surface area (Å²) in [4.78, 5) is 23.2. The van der Waals surface area contributed by atoms with E-state index in [-0.39, 0.29) is 28.9 Å². The quantitative estimate of drug-likeness (QED) is 0.560. The minimum atomic E-state index is -0.843. The number of anilines is 1. The minimum Gasteiger partial charge on any atom is -0.377 e. The first-order valence-corrected chi connectivity index (χ1v) is 10.6. The van der Waals surface area contributed by atoms with Gasteiger partial charge in [0.25, 0.3) is 11.6 Å². The van der Waals surface area contributed by atoms with Gasteiger partial charge in [-0.05, 0) is 44.2 Å². The molecule has 0 bridgehead atoms. The first-order chi connectivity index (χ1) is 12.5. The van der Waals surface area contributed by atoms with Crippen LogP contribution >= 0.6 is 0 Å². The number of rotatable bonds is 7. The highest BCUT2D eigenvalue weighted by Gasteiger charge is 2.28. The van der Waals surface area contributed by atoms with Crippen molar-refractivity contribution in [2.24, 2.45) is 0 Å². The molecule has 8 heteroatoms. The van der Waals surface area contributed by atoms with Crippen LogP contribution in [0.3, 0.4) is 0 Å². The van der Waals surface area contributed by atoms with Crippen LogP contribution in [0.5, 0.6) is 0 Å². The lowest BCUT2D eigenvalue weighted by atomic mass is 9.94. The summed E-state index contributed by atoms with van der Waals surface area (Å²) in [7, 11) is -0.843. The van der Waals surface area contributed by atoms with Gasteiger partial charge in [0.2, 0.25) is 0 Å². The van der Waals surface area contributed by atoms with Gasteiger partial charge in [0.1, 0.15) is 5.69 Å². The van der Waals surface area contributed by atoms with E-state index >= 15 is 0 Å². The Morgan fingerprint density at radius 3 is 2.69 bits per heavy atom. The fourth-order valence-electron chi connectivity index (χ4n) is 3.41. The summed E-state index contributed by atoms with van der Waals surface area (Å²) in [6, 6.07) is 4.84. The van der Waals surface area contributed by atoms with E-state index in [0.717, 1.165) is 38.5 Å². The molecule has 0 heterocycles. The number of amides is 1. The standard InChI is InChI=1S/C18H25N3O4S/c1-2-26(25)15-5-3-4-14(11-15)19-16-9-6-12(10-17(16)21(23)24)18(22)20-13-7-8-13/h6,9-10,13-15,19H,2-5,7-8,11H2,1H3,(H,20,22). The molecule has 1 amide bonds. The van der Waals surface area contributed by atoms with E-state index in [9.17, 15) is 19.1 Å². The molecule has 2 N–H and O–H groups in total. The van der Waals surface area contributed by atoms with Gasteiger partial charge in [-0.25, -0.2) is 0 Å². The third-order valence-corrected chi connectivity index (χ3v) is 6.75. The molecular formula is C18H25N3O4S. The first kappa shape index (κ1) is 18.8. The molecule has 2 aliphatic rings. The number of benzene rings is 1. The molecule has 2 saturated carbocycles. The number of hydrogen-bond acceptors (Lipinski definition) is 5. The zero-order valence-corrected chi connectivity index (χ0v) is 15.7. The van der Waals surface area contributed by atoms with Crippen molar-refractivity contribution in [1.82, 2.24) is 5.32 Å². The molecule has 3 atom stereocenters. The van der Waals surface area contributed by atoms with Crippen molar-refractivity contribution in [2.75, 3.05) is 11.1 Å². The fraction of sp³-hybridized carbons (Fsp3) is 0.611. The van der Waals surface area contributed by atoms with Crippen molar-refractivity contribution in [3.63, 3.8) is 0 Å². The first-order valence-electron chi connectivity index (χ1n) is 9.21. The van der Waals surface area contributed by atoms with E-state index in [1.807, 2.05) is 6.92 Å². The molecule has 0 spiro atoms. The molecule has 0 aromatic heterocycles. The number of carbonyl (C=O) groups is 1. The Balaban J connectivity index is 1.73. The van der Waals surface area contributed by atoms with Crippen molar-refractivity contribution < 1.29 is 13.9 Å². The Morgan fingerprint density at radius 2 is 2.04 bits per heavy atom. The van der Waals surface area contributed by atoms with Gasteiger partial charge in [-0.3, -0.25) is 19.1 Å². The molecule has 3 rings (SSSR count). The summed E-state index contributed by atoms with van der Waals surface area (Å²) in [5.41, 5.74) is 0.640. The Bertz CT molecular complexity index is 720. The summed E-state index contributed by atoms with van der Waals surface area (Å²) in [6.45, 7) is 1.92. The molecule has 2 fully saturated rings. The van der Waals surface area contributed by atoms with Crippen LogP contribution in [0.2, 0.25) is 0 Å². The number of carbonyl (C=O) groups excluding carboxylic acids is 1. The van der Waals surface area contributed by atoms with Gasteiger partial charge in [-0.15, -0.1) is 0 Å². The van der Waals surface area contributed by atoms with Gasteiger partial charge in [0.05, 0.1) is 4.92 Å². The van der Waals surface area contributed by atoms with Crippen molar-refractivity contribution >= 4 is 28.1 Å². The number of nitro groups is 1. The van der Waals surface area contributed by atoms with E-state index in [1.165, 1.54) is 6.07 Å². The Kier molecular flexibility index (Phi) is 5.90.